The Bertz CT molecular complexity index is 552. The van der Waals surface area contributed by atoms with Gasteiger partial charge in [-0.25, -0.2) is 10.1 Å². The molecular weight excluding hydrogens is 264 g/mol. The van der Waals surface area contributed by atoms with Gasteiger partial charge in [-0.3, -0.25) is 25.0 Å². The van der Waals surface area contributed by atoms with Gasteiger partial charge in [0.2, 0.25) is 0 Å². The number of amides is 1. The standard InChI is InChI=1S/C8H6N4O7/c1-9(12(18)19)8(13)5-2-6(10(14)15)4-7(3-5)11(16)17/h2-4H,1H3. The number of nitro groups is 3. The number of carbonyl (C=O) groups is 1. The van der Waals surface area contributed by atoms with Crippen molar-refractivity contribution in [2.45, 2.75) is 0 Å². The number of hydrazine groups is 1. The second-order valence-electron chi connectivity index (χ2n) is 3.32. The molecule has 11 heteroatoms. The summed E-state index contributed by atoms with van der Waals surface area (Å²) >= 11 is 0. The lowest BCUT2D eigenvalue weighted by molar-refractivity contribution is -0.625. The molecule has 1 aromatic carbocycles. The molecule has 1 aromatic rings. The molecule has 0 saturated carbocycles. The van der Waals surface area contributed by atoms with Crippen molar-refractivity contribution in [3.8, 4) is 0 Å². The smallest absolute Gasteiger partial charge is 0.263 e. The molecule has 0 N–H and O–H groups in total. The normalized spacial score (nSPS) is 9.74. The Kier molecular flexibility index (Phi) is 3.70. The summed E-state index contributed by atoms with van der Waals surface area (Å²) in [5.74, 6) is -1.20. The van der Waals surface area contributed by atoms with Gasteiger partial charge in [0.25, 0.3) is 11.4 Å². The summed E-state index contributed by atoms with van der Waals surface area (Å²) in [4.78, 5) is 41.3. The van der Waals surface area contributed by atoms with Crippen LogP contribution in [-0.4, -0.2) is 32.8 Å². The van der Waals surface area contributed by atoms with Crippen LogP contribution in [0.1, 0.15) is 10.4 Å². The molecule has 0 aliphatic heterocycles. The molecule has 0 atom stereocenters. The predicted octanol–water partition coefficient (Wildman–Crippen LogP) is 0.767. The predicted molar refractivity (Wildman–Crippen MR) is 58.8 cm³/mol. The van der Waals surface area contributed by atoms with Gasteiger partial charge in [0.15, 0.2) is 5.03 Å². The van der Waals surface area contributed by atoms with Gasteiger partial charge in [0.1, 0.15) is 0 Å². The van der Waals surface area contributed by atoms with E-state index in [-0.39, 0.29) is 5.01 Å². The van der Waals surface area contributed by atoms with E-state index in [1.54, 1.807) is 0 Å². The fourth-order valence-corrected chi connectivity index (χ4v) is 1.19. The molecule has 0 spiro atoms. The monoisotopic (exact) mass is 270 g/mol. The highest BCUT2D eigenvalue weighted by Crippen LogP contribution is 2.23. The highest BCUT2D eigenvalue weighted by molar-refractivity contribution is 5.94. The minimum atomic E-state index is -1.20. The van der Waals surface area contributed by atoms with Crippen molar-refractivity contribution in [3.63, 3.8) is 0 Å². The molecule has 11 nitrogen and oxygen atoms in total. The Morgan fingerprint density at radius 1 is 1.00 bits per heavy atom. The zero-order valence-electron chi connectivity index (χ0n) is 9.38. The molecule has 0 aromatic heterocycles. The van der Waals surface area contributed by atoms with Crippen LogP contribution in [0.15, 0.2) is 18.2 Å². The van der Waals surface area contributed by atoms with Crippen molar-refractivity contribution in [1.29, 1.82) is 0 Å². The third-order valence-electron chi connectivity index (χ3n) is 2.11. The lowest BCUT2D eigenvalue weighted by Gasteiger charge is -2.06. The van der Waals surface area contributed by atoms with Crippen molar-refractivity contribution >= 4 is 17.3 Å². The van der Waals surface area contributed by atoms with E-state index in [0.717, 1.165) is 19.2 Å². The largest absolute Gasteiger partial charge is 0.314 e. The van der Waals surface area contributed by atoms with E-state index in [9.17, 15) is 35.1 Å². The number of non-ortho nitro benzene ring substituents is 2. The molecule has 0 aliphatic carbocycles. The summed E-state index contributed by atoms with van der Waals surface area (Å²) in [6.45, 7) is 0. The van der Waals surface area contributed by atoms with Crippen molar-refractivity contribution in [2.75, 3.05) is 7.05 Å². The van der Waals surface area contributed by atoms with Crippen LogP contribution < -0.4 is 0 Å². The van der Waals surface area contributed by atoms with Gasteiger partial charge in [-0.15, -0.1) is 0 Å². The lowest BCUT2D eigenvalue weighted by atomic mass is 10.1. The Balaban J connectivity index is 3.35. The van der Waals surface area contributed by atoms with Gasteiger partial charge >= 0.3 is 5.91 Å². The number of carbonyl (C=O) groups excluding carboxylic acids is 1. The van der Waals surface area contributed by atoms with E-state index in [0.29, 0.717) is 6.07 Å². The first kappa shape index (κ1) is 14.0. The fraction of sp³-hybridized carbons (Fsp3) is 0.125. The maximum atomic E-state index is 11.6. The molecule has 100 valence electrons. The third-order valence-corrected chi connectivity index (χ3v) is 2.11. The highest BCUT2D eigenvalue weighted by Gasteiger charge is 2.26. The minimum absolute atomic E-state index is 0.0722. The van der Waals surface area contributed by atoms with Gasteiger partial charge in [-0.1, -0.05) is 5.01 Å². The summed E-state index contributed by atoms with van der Waals surface area (Å²) in [5.41, 5.74) is -1.91. The number of hydrogen-bond acceptors (Lipinski definition) is 7. The van der Waals surface area contributed by atoms with E-state index < -0.39 is 37.7 Å². The Labute approximate surface area is 104 Å². The second-order valence-corrected chi connectivity index (χ2v) is 3.32. The van der Waals surface area contributed by atoms with Crippen LogP contribution in [0, 0.1) is 30.3 Å². The lowest BCUT2D eigenvalue weighted by Crippen LogP contribution is -2.32. The van der Waals surface area contributed by atoms with E-state index in [1.165, 1.54) is 0 Å². The molecule has 0 aliphatic rings. The van der Waals surface area contributed by atoms with Crippen LogP contribution >= 0.6 is 0 Å². The number of rotatable bonds is 4. The molecule has 0 bridgehead atoms. The summed E-state index contributed by atoms with van der Waals surface area (Å²) in [5, 5.41) is 30.6. The molecular formula is C8H6N4O7. The van der Waals surface area contributed by atoms with E-state index in [4.69, 9.17) is 0 Å². The maximum absolute atomic E-state index is 11.6. The van der Waals surface area contributed by atoms with Crippen LogP contribution in [-0.2, 0) is 0 Å². The van der Waals surface area contributed by atoms with Crippen LogP contribution in [0.4, 0.5) is 11.4 Å². The molecule has 0 heterocycles. The van der Waals surface area contributed by atoms with E-state index >= 15 is 0 Å². The van der Waals surface area contributed by atoms with Crippen LogP contribution in [0.5, 0.6) is 0 Å². The average Bonchev–Trinajstić information content (AvgIpc) is 2.36. The minimum Gasteiger partial charge on any atom is -0.263 e. The van der Waals surface area contributed by atoms with Crippen LogP contribution in [0.25, 0.3) is 0 Å². The highest BCUT2D eigenvalue weighted by atomic mass is 16.7. The number of nitrogens with zero attached hydrogens (tertiary/aromatic N) is 4. The molecule has 19 heavy (non-hydrogen) atoms. The summed E-state index contributed by atoms with van der Waals surface area (Å²) in [7, 11) is 0.826. The fourth-order valence-electron chi connectivity index (χ4n) is 1.19. The number of hydrogen-bond donors (Lipinski definition) is 0. The van der Waals surface area contributed by atoms with Crippen LogP contribution in [0.3, 0.4) is 0 Å². The van der Waals surface area contributed by atoms with Gasteiger partial charge in [-0.05, 0) is 0 Å². The van der Waals surface area contributed by atoms with Crippen LogP contribution in [0.2, 0.25) is 0 Å². The Morgan fingerprint density at radius 2 is 1.42 bits per heavy atom. The first-order chi connectivity index (χ1) is 8.73. The molecule has 0 unspecified atom stereocenters. The molecule has 0 fully saturated rings. The van der Waals surface area contributed by atoms with E-state index in [2.05, 4.69) is 0 Å². The first-order valence-electron chi connectivity index (χ1n) is 4.60. The molecule has 1 amide bonds. The summed E-state index contributed by atoms with van der Waals surface area (Å²) < 4.78 is 0. The zero-order chi connectivity index (χ0) is 14.7. The van der Waals surface area contributed by atoms with Gasteiger partial charge in [0.05, 0.1) is 28.5 Å². The topological polar surface area (TPSA) is 150 Å². The molecule has 1 rings (SSSR count). The van der Waals surface area contributed by atoms with Gasteiger partial charge in [-0.2, -0.15) is 0 Å². The van der Waals surface area contributed by atoms with E-state index in [1.807, 2.05) is 0 Å². The summed E-state index contributed by atoms with van der Waals surface area (Å²) in [6.07, 6.45) is 0. The van der Waals surface area contributed by atoms with Crippen molar-refractivity contribution in [1.82, 2.24) is 5.01 Å². The van der Waals surface area contributed by atoms with Crippen molar-refractivity contribution in [3.05, 3.63) is 54.1 Å². The van der Waals surface area contributed by atoms with Gasteiger partial charge < -0.3 is 0 Å². The third kappa shape index (κ3) is 2.96. The SMILES string of the molecule is CN(C(=O)c1cc([N+](=O)[O-])cc([N+](=O)[O-])c1)[N+](=O)[O-]. The number of benzene rings is 1. The Morgan fingerprint density at radius 3 is 1.74 bits per heavy atom. The maximum Gasteiger partial charge on any atom is 0.314 e. The second kappa shape index (κ2) is 5.03. The number of nitro benzene ring substituents is 2. The summed E-state index contributed by atoms with van der Waals surface area (Å²) in [6, 6.07) is 2.12. The molecule has 0 radical (unpaired) electrons. The zero-order valence-corrected chi connectivity index (χ0v) is 9.38. The quantitative estimate of drug-likeness (QED) is 0.578. The van der Waals surface area contributed by atoms with Crippen molar-refractivity contribution in [2.24, 2.45) is 0 Å². The average molecular weight is 270 g/mol. The van der Waals surface area contributed by atoms with Gasteiger partial charge in [0, 0.05) is 12.1 Å². The molecule has 0 saturated heterocycles. The first-order valence-corrected chi connectivity index (χ1v) is 4.60. The van der Waals surface area contributed by atoms with Crippen molar-refractivity contribution < 1.29 is 19.7 Å². The Hall–Kier alpha value is -3.11.